The van der Waals surface area contributed by atoms with Crippen molar-refractivity contribution in [3.05, 3.63) is 33.4 Å². The van der Waals surface area contributed by atoms with Crippen molar-refractivity contribution in [1.82, 2.24) is 4.90 Å². The number of esters is 2. The Balaban J connectivity index is 2.58. The molecule has 0 aromatic heterocycles. The van der Waals surface area contributed by atoms with Gasteiger partial charge in [0.25, 0.3) is 0 Å². The average molecular weight is 333 g/mol. The Kier molecular flexibility index (Phi) is 5.99. The van der Waals surface area contributed by atoms with E-state index in [1.54, 1.807) is 0 Å². The third-order valence-electron chi connectivity index (χ3n) is 4.94. The van der Waals surface area contributed by atoms with Crippen molar-refractivity contribution in [3.8, 4) is 0 Å². The highest BCUT2D eigenvalue weighted by Gasteiger charge is 2.30. The Bertz CT molecular complexity index is 652. The summed E-state index contributed by atoms with van der Waals surface area (Å²) in [4.78, 5) is 27.0. The van der Waals surface area contributed by atoms with Gasteiger partial charge in [0.05, 0.1) is 25.3 Å². The third kappa shape index (κ3) is 3.31. The molecule has 1 aliphatic heterocycles. The molecule has 1 aromatic rings. The molecule has 0 bridgehead atoms. The van der Waals surface area contributed by atoms with Gasteiger partial charge in [0.2, 0.25) is 0 Å². The normalized spacial score (nSPS) is 14.2. The van der Waals surface area contributed by atoms with E-state index < -0.39 is 11.9 Å². The fourth-order valence-electron chi connectivity index (χ4n) is 3.54. The average Bonchev–Trinajstić information content (AvgIpc) is 2.61. The van der Waals surface area contributed by atoms with Crippen LogP contribution in [0.5, 0.6) is 0 Å². The minimum absolute atomic E-state index is 0.345. The van der Waals surface area contributed by atoms with Crippen molar-refractivity contribution in [2.75, 3.05) is 27.3 Å². The highest BCUT2D eigenvalue weighted by molar-refractivity contribution is 6.05. The van der Waals surface area contributed by atoms with E-state index in [1.807, 2.05) is 13.8 Å². The quantitative estimate of drug-likeness (QED) is 0.775. The molecular weight excluding hydrogens is 306 g/mol. The monoisotopic (exact) mass is 333 g/mol. The summed E-state index contributed by atoms with van der Waals surface area (Å²) in [5.74, 6) is -0.961. The van der Waals surface area contributed by atoms with Crippen LogP contribution in [0.2, 0.25) is 0 Å². The third-order valence-corrected chi connectivity index (χ3v) is 4.94. The Morgan fingerprint density at radius 2 is 1.54 bits per heavy atom. The van der Waals surface area contributed by atoms with Crippen LogP contribution in [-0.2, 0) is 22.4 Å². The summed E-state index contributed by atoms with van der Waals surface area (Å²) in [7, 11) is 2.68. The lowest BCUT2D eigenvalue weighted by molar-refractivity contribution is 0.0553. The second-order valence-electron chi connectivity index (χ2n) is 6.32. The highest BCUT2D eigenvalue weighted by atomic mass is 16.5. The van der Waals surface area contributed by atoms with Crippen LogP contribution in [-0.4, -0.2) is 44.1 Å². The number of hydrogen-bond acceptors (Lipinski definition) is 5. The number of unbranched alkanes of at least 4 members (excludes halogenated alkanes) is 1. The van der Waals surface area contributed by atoms with Gasteiger partial charge in [0.15, 0.2) is 0 Å². The molecule has 132 valence electrons. The van der Waals surface area contributed by atoms with Crippen LogP contribution in [0.1, 0.15) is 62.7 Å². The summed E-state index contributed by atoms with van der Waals surface area (Å²) in [6.45, 7) is 8.84. The highest BCUT2D eigenvalue weighted by Crippen LogP contribution is 2.32. The summed E-state index contributed by atoms with van der Waals surface area (Å²) in [5.41, 5.74) is 4.71. The lowest BCUT2D eigenvalue weighted by Crippen LogP contribution is -2.33. The molecule has 0 saturated heterocycles. The number of nitrogens with zero attached hydrogens (tertiary/aromatic N) is 1. The van der Waals surface area contributed by atoms with E-state index in [0.717, 1.165) is 55.6 Å². The lowest BCUT2D eigenvalue weighted by atomic mass is 9.84. The molecule has 0 saturated carbocycles. The van der Waals surface area contributed by atoms with E-state index in [-0.39, 0.29) is 0 Å². The van der Waals surface area contributed by atoms with Crippen molar-refractivity contribution >= 4 is 11.9 Å². The summed E-state index contributed by atoms with van der Waals surface area (Å²) in [6, 6.07) is 0. The zero-order chi connectivity index (χ0) is 17.9. The van der Waals surface area contributed by atoms with Gasteiger partial charge in [-0.25, -0.2) is 9.59 Å². The Hall–Kier alpha value is -1.88. The molecule has 24 heavy (non-hydrogen) atoms. The van der Waals surface area contributed by atoms with Crippen LogP contribution in [0.3, 0.4) is 0 Å². The number of carbonyl (C=O) groups excluding carboxylic acids is 2. The van der Waals surface area contributed by atoms with Crippen LogP contribution in [0, 0.1) is 13.8 Å². The standard InChI is InChI=1S/C19H27NO4/c1-6-7-9-20-10-8-14-12(2)16(18(21)23-4)17(19(22)24-5)13(3)15(14)11-20/h6-11H2,1-5H3. The first kappa shape index (κ1) is 18.5. The topological polar surface area (TPSA) is 55.8 Å². The van der Waals surface area contributed by atoms with Crippen molar-refractivity contribution in [1.29, 1.82) is 0 Å². The van der Waals surface area contributed by atoms with Gasteiger partial charge in [0, 0.05) is 13.1 Å². The Morgan fingerprint density at radius 1 is 1.00 bits per heavy atom. The molecule has 0 N–H and O–H groups in total. The van der Waals surface area contributed by atoms with Crippen LogP contribution in [0.25, 0.3) is 0 Å². The number of hydrogen-bond donors (Lipinski definition) is 0. The van der Waals surface area contributed by atoms with Crippen molar-refractivity contribution in [2.24, 2.45) is 0 Å². The van der Waals surface area contributed by atoms with Gasteiger partial charge in [-0.15, -0.1) is 0 Å². The second kappa shape index (κ2) is 7.79. The predicted octanol–water partition coefficient (Wildman–Crippen LogP) is 3.03. The Morgan fingerprint density at radius 3 is 2.04 bits per heavy atom. The minimum Gasteiger partial charge on any atom is -0.465 e. The smallest absolute Gasteiger partial charge is 0.339 e. The number of rotatable bonds is 5. The SMILES string of the molecule is CCCCN1CCc2c(C)c(C(=O)OC)c(C(=O)OC)c(C)c2C1. The molecule has 5 heteroatoms. The molecule has 0 atom stereocenters. The largest absolute Gasteiger partial charge is 0.465 e. The first-order valence-corrected chi connectivity index (χ1v) is 8.50. The molecule has 5 nitrogen and oxygen atoms in total. The van der Waals surface area contributed by atoms with Crippen LogP contribution < -0.4 is 0 Å². The first-order chi connectivity index (χ1) is 11.5. The number of methoxy groups -OCH3 is 2. The van der Waals surface area contributed by atoms with E-state index in [1.165, 1.54) is 19.8 Å². The van der Waals surface area contributed by atoms with E-state index in [4.69, 9.17) is 9.47 Å². The molecule has 0 amide bonds. The van der Waals surface area contributed by atoms with Gasteiger partial charge >= 0.3 is 11.9 Å². The Labute approximate surface area is 143 Å². The van der Waals surface area contributed by atoms with Crippen LogP contribution in [0.15, 0.2) is 0 Å². The number of benzene rings is 1. The second-order valence-corrected chi connectivity index (χ2v) is 6.32. The van der Waals surface area contributed by atoms with Crippen molar-refractivity contribution in [3.63, 3.8) is 0 Å². The summed E-state index contributed by atoms with van der Waals surface area (Å²) >= 11 is 0. The van der Waals surface area contributed by atoms with Gasteiger partial charge in [-0.2, -0.15) is 0 Å². The maximum Gasteiger partial charge on any atom is 0.339 e. The van der Waals surface area contributed by atoms with Gasteiger partial charge in [-0.1, -0.05) is 13.3 Å². The maximum atomic E-state index is 12.3. The molecule has 0 unspecified atom stereocenters. The number of ether oxygens (including phenoxy) is 2. The van der Waals surface area contributed by atoms with Crippen LogP contribution in [0.4, 0.5) is 0 Å². The summed E-state index contributed by atoms with van der Waals surface area (Å²) in [5, 5.41) is 0. The maximum absolute atomic E-state index is 12.3. The fraction of sp³-hybridized carbons (Fsp3) is 0.579. The summed E-state index contributed by atoms with van der Waals surface area (Å²) in [6.07, 6.45) is 3.21. The fourth-order valence-corrected chi connectivity index (χ4v) is 3.54. The minimum atomic E-state index is -0.482. The lowest BCUT2D eigenvalue weighted by Gasteiger charge is -2.32. The van der Waals surface area contributed by atoms with Gasteiger partial charge in [-0.05, 0) is 55.5 Å². The van der Waals surface area contributed by atoms with E-state index in [9.17, 15) is 9.59 Å². The molecular formula is C19H27NO4. The zero-order valence-corrected chi connectivity index (χ0v) is 15.3. The molecule has 0 spiro atoms. The summed E-state index contributed by atoms with van der Waals surface area (Å²) < 4.78 is 9.85. The van der Waals surface area contributed by atoms with E-state index in [0.29, 0.717) is 11.1 Å². The zero-order valence-electron chi connectivity index (χ0n) is 15.3. The van der Waals surface area contributed by atoms with Crippen LogP contribution >= 0.6 is 0 Å². The number of carbonyl (C=O) groups is 2. The van der Waals surface area contributed by atoms with Gasteiger partial charge in [-0.3, -0.25) is 4.90 Å². The first-order valence-electron chi connectivity index (χ1n) is 8.50. The van der Waals surface area contributed by atoms with Gasteiger partial charge in [0.1, 0.15) is 0 Å². The van der Waals surface area contributed by atoms with Crippen molar-refractivity contribution < 1.29 is 19.1 Å². The molecule has 1 heterocycles. The van der Waals surface area contributed by atoms with Crippen molar-refractivity contribution in [2.45, 2.75) is 46.6 Å². The predicted molar refractivity (Wildman–Crippen MR) is 92.5 cm³/mol. The molecule has 1 aliphatic rings. The molecule has 0 aliphatic carbocycles. The van der Waals surface area contributed by atoms with E-state index in [2.05, 4.69) is 11.8 Å². The number of fused-ring (bicyclic) bond motifs is 1. The molecule has 0 radical (unpaired) electrons. The van der Waals surface area contributed by atoms with E-state index >= 15 is 0 Å². The molecule has 0 fully saturated rings. The molecule has 1 aromatic carbocycles. The molecule has 2 rings (SSSR count). The van der Waals surface area contributed by atoms with Gasteiger partial charge < -0.3 is 9.47 Å².